The normalized spacial score (nSPS) is 11.9. The van der Waals surface area contributed by atoms with Crippen LogP contribution in [-0.4, -0.2) is 29.3 Å². The van der Waals surface area contributed by atoms with Gasteiger partial charge in [-0.3, -0.25) is 4.98 Å². The summed E-state index contributed by atoms with van der Waals surface area (Å²) in [6.45, 7) is 5.19. The highest BCUT2D eigenvalue weighted by Crippen LogP contribution is 2.19. The van der Waals surface area contributed by atoms with E-state index in [1.165, 1.54) is 12.4 Å². The minimum Gasteiger partial charge on any atom is -0.476 e. The van der Waals surface area contributed by atoms with E-state index in [1.54, 1.807) is 0 Å². The Bertz CT molecular complexity index is 365. The molecule has 1 aromatic heterocycles. The fraction of sp³-hybridized carbons (Fsp3) is 0.667. The summed E-state index contributed by atoms with van der Waals surface area (Å²) in [6, 6.07) is 0. The van der Waals surface area contributed by atoms with Gasteiger partial charge in [0.15, 0.2) is 0 Å². The van der Waals surface area contributed by atoms with E-state index in [4.69, 9.17) is 4.74 Å². The van der Waals surface area contributed by atoms with E-state index >= 15 is 0 Å². The first kappa shape index (κ1) is 15.7. The molecule has 0 radical (unpaired) electrons. The van der Waals surface area contributed by atoms with Gasteiger partial charge in [-0.15, -0.1) is 0 Å². The molecule has 1 N–H and O–H groups in total. The third-order valence-corrected chi connectivity index (χ3v) is 2.18. The summed E-state index contributed by atoms with van der Waals surface area (Å²) >= 11 is 0. The molecule has 0 unspecified atom stereocenters. The fourth-order valence-corrected chi connectivity index (χ4v) is 1.27. The van der Waals surface area contributed by atoms with Gasteiger partial charge in [0.1, 0.15) is 0 Å². The van der Waals surface area contributed by atoms with Gasteiger partial charge < -0.3 is 10.1 Å². The summed E-state index contributed by atoms with van der Waals surface area (Å²) in [7, 11) is 0. The molecule has 1 aromatic rings. The summed E-state index contributed by atoms with van der Waals surface area (Å²) in [6.07, 6.45) is -2.38. The maximum atomic E-state index is 11.9. The molecule has 108 valence electrons. The third-order valence-electron chi connectivity index (χ3n) is 2.18. The number of alkyl halides is 3. The van der Waals surface area contributed by atoms with Gasteiger partial charge >= 0.3 is 6.18 Å². The van der Waals surface area contributed by atoms with E-state index in [1.807, 2.05) is 0 Å². The lowest BCUT2D eigenvalue weighted by Gasteiger charge is -2.09. The SMILES string of the molecule is CC(C)CNCc1cnc(OCCC(F)(F)F)cn1. The Kier molecular flexibility index (Phi) is 6.01. The van der Waals surface area contributed by atoms with Gasteiger partial charge in [-0.05, 0) is 12.5 Å². The number of nitrogens with zero attached hydrogens (tertiary/aromatic N) is 2. The molecule has 0 aliphatic heterocycles. The molecule has 0 aliphatic rings. The zero-order valence-electron chi connectivity index (χ0n) is 11.0. The zero-order valence-corrected chi connectivity index (χ0v) is 11.0. The summed E-state index contributed by atoms with van der Waals surface area (Å²) < 4.78 is 40.6. The first-order valence-corrected chi connectivity index (χ1v) is 6.08. The molecule has 0 bridgehead atoms. The van der Waals surface area contributed by atoms with Crippen LogP contribution in [0.15, 0.2) is 12.4 Å². The van der Waals surface area contributed by atoms with E-state index in [-0.39, 0.29) is 5.88 Å². The van der Waals surface area contributed by atoms with Crippen LogP contribution in [0.5, 0.6) is 5.88 Å². The summed E-state index contributed by atoms with van der Waals surface area (Å²) in [5.74, 6) is 0.648. The van der Waals surface area contributed by atoms with Crippen LogP contribution >= 0.6 is 0 Å². The van der Waals surface area contributed by atoms with Crippen molar-refractivity contribution in [3.8, 4) is 5.88 Å². The Morgan fingerprint density at radius 2 is 2.00 bits per heavy atom. The Morgan fingerprint density at radius 1 is 1.26 bits per heavy atom. The van der Waals surface area contributed by atoms with Gasteiger partial charge in [0, 0.05) is 6.54 Å². The number of nitrogens with one attached hydrogen (secondary N) is 1. The summed E-state index contributed by atoms with van der Waals surface area (Å²) in [5.41, 5.74) is 0.726. The molecule has 0 saturated heterocycles. The predicted molar refractivity (Wildman–Crippen MR) is 64.7 cm³/mol. The average Bonchev–Trinajstić information content (AvgIpc) is 2.29. The van der Waals surface area contributed by atoms with Crippen LogP contribution < -0.4 is 10.1 Å². The Hall–Kier alpha value is -1.37. The topological polar surface area (TPSA) is 47.0 Å². The van der Waals surface area contributed by atoms with Crippen LogP contribution in [0.4, 0.5) is 13.2 Å². The van der Waals surface area contributed by atoms with Gasteiger partial charge in [0.05, 0.1) is 31.1 Å². The molecule has 0 saturated carbocycles. The molecule has 0 fully saturated rings. The Balaban J connectivity index is 2.31. The molecule has 0 atom stereocenters. The minimum atomic E-state index is -4.21. The number of aromatic nitrogens is 2. The second-order valence-corrected chi connectivity index (χ2v) is 4.58. The van der Waals surface area contributed by atoms with Gasteiger partial charge in [0.2, 0.25) is 5.88 Å². The molecule has 0 aliphatic carbocycles. The zero-order chi connectivity index (χ0) is 14.3. The lowest BCUT2D eigenvalue weighted by atomic mass is 10.2. The van der Waals surface area contributed by atoms with Crippen LogP contribution in [-0.2, 0) is 6.54 Å². The van der Waals surface area contributed by atoms with Crippen LogP contribution in [0.1, 0.15) is 26.0 Å². The molecule has 0 amide bonds. The number of ether oxygens (including phenoxy) is 1. The Labute approximate surface area is 110 Å². The fourth-order valence-electron chi connectivity index (χ4n) is 1.27. The van der Waals surface area contributed by atoms with Gasteiger partial charge in [-0.25, -0.2) is 4.98 Å². The number of halogens is 3. The van der Waals surface area contributed by atoms with Crippen molar-refractivity contribution in [3.05, 3.63) is 18.1 Å². The van der Waals surface area contributed by atoms with Gasteiger partial charge in [0.25, 0.3) is 0 Å². The molecule has 7 heteroatoms. The highest BCUT2D eigenvalue weighted by Gasteiger charge is 2.26. The molecule has 19 heavy (non-hydrogen) atoms. The van der Waals surface area contributed by atoms with Gasteiger partial charge in [-0.2, -0.15) is 13.2 Å². The van der Waals surface area contributed by atoms with E-state index < -0.39 is 19.2 Å². The van der Waals surface area contributed by atoms with Crippen molar-refractivity contribution in [2.75, 3.05) is 13.2 Å². The van der Waals surface area contributed by atoms with E-state index in [0.717, 1.165) is 12.2 Å². The van der Waals surface area contributed by atoms with E-state index in [2.05, 4.69) is 29.1 Å². The van der Waals surface area contributed by atoms with Crippen LogP contribution in [0.25, 0.3) is 0 Å². The first-order valence-electron chi connectivity index (χ1n) is 6.08. The smallest absolute Gasteiger partial charge is 0.392 e. The highest BCUT2D eigenvalue weighted by molar-refractivity contribution is 5.07. The molecule has 1 heterocycles. The molecule has 4 nitrogen and oxygen atoms in total. The van der Waals surface area contributed by atoms with Crippen molar-refractivity contribution in [3.63, 3.8) is 0 Å². The number of rotatable bonds is 7. The van der Waals surface area contributed by atoms with Crippen molar-refractivity contribution >= 4 is 0 Å². The predicted octanol–water partition coefficient (Wildman–Crippen LogP) is 2.55. The minimum absolute atomic E-state index is 0.108. The van der Waals surface area contributed by atoms with Crippen molar-refractivity contribution in [2.45, 2.75) is 33.0 Å². The van der Waals surface area contributed by atoms with Crippen molar-refractivity contribution in [2.24, 2.45) is 5.92 Å². The Morgan fingerprint density at radius 3 is 2.53 bits per heavy atom. The highest BCUT2D eigenvalue weighted by atomic mass is 19.4. The molecule has 1 rings (SSSR count). The standard InChI is InChI=1S/C12H18F3N3O/c1-9(2)5-16-6-10-7-18-11(8-17-10)19-4-3-12(13,14)15/h7-9,16H,3-6H2,1-2H3. The van der Waals surface area contributed by atoms with E-state index in [9.17, 15) is 13.2 Å². The second kappa shape index (κ2) is 7.28. The summed E-state index contributed by atoms with van der Waals surface area (Å²) in [5, 5.41) is 3.19. The van der Waals surface area contributed by atoms with Gasteiger partial charge in [-0.1, -0.05) is 13.8 Å². The average molecular weight is 277 g/mol. The second-order valence-electron chi connectivity index (χ2n) is 4.58. The van der Waals surface area contributed by atoms with Crippen molar-refractivity contribution in [1.82, 2.24) is 15.3 Å². The summed E-state index contributed by atoms with van der Waals surface area (Å²) in [4.78, 5) is 7.96. The lowest BCUT2D eigenvalue weighted by molar-refractivity contribution is -0.139. The largest absolute Gasteiger partial charge is 0.476 e. The van der Waals surface area contributed by atoms with Crippen molar-refractivity contribution in [1.29, 1.82) is 0 Å². The molecule has 0 aromatic carbocycles. The van der Waals surface area contributed by atoms with Crippen LogP contribution in [0, 0.1) is 5.92 Å². The monoisotopic (exact) mass is 277 g/mol. The maximum Gasteiger partial charge on any atom is 0.392 e. The first-order chi connectivity index (χ1) is 8.87. The molecular formula is C12H18F3N3O. The van der Waals surface area contributed by atoms with Crippen LogP contribution in [0.2, 0.25) is 0 Å². The van der Waals surface area contributed by atoms with E-state index in [0.29, 0.717) is 12.5 Å². The maximum absolute atomic E-state index is 11.9. The quantitative estimate of drug-likeness (QED) is 0.832. The molecule has 0 spiro atoms. The lowest BCUT2D eigenvalue weighted by Crippen LogP contribution is -2.19. The third kappa shape index (κ3) is 7.61. The number of hydrogen-bond acceptors (Lipinski definition) is 4. The molecular weight excluding hydrogens is 259 g/mol. The van der Waals surface area contributed by atoms with Crippen LogP contribution in [0.3, 0.4) is 0 Å². The number of hydrogen-bond donors (Lipinski definition) is 1. The van der Waals surface area contributed by atoms with Crippen molar-refractivity contribution < 1.29 is 17.9 Å².